The molecule has 1 aromatic carbocycles. The number of aromatic nitrogens is 2. The molecule has 2 bridgehead atoms. The summed E-state index contributed by atoms with van der Waals surface area (Å²) in [5.74, 6) is -0.343. The van der Waals surface area contributed by atoms with Gasteiger partial charge in [-0.2, -0.15) is 35.7 Å². The Bertz CT molecular complexity index is 1400. The van der Waals surface area contributed by atoms with E-state index >= 15 is 0 Å². The second kappa shape index (κ2) is 8.51. The summed E-state index contributed by atoms with van der Waals surface area (Å²) >= 11 is 0. The second-order valence-electron chi connectivity index (χ2n) is 10.8. The Morgan fingerprint density at radius 2 is 1.78 bits per heavy atom. The van der Waals surface area contributed by atoms with E-state index in [1.54, 1.807) is 12.1 Å². The number of hydrogen-bond donors (Lipinski definition) is 1. The SMILES string of the molecule is Cn1nc(-c2ccc(F)cc2)cc1C1C=C2CC3CCC(CC2=CC1)C31CN(CC(F)(F)F)S(=O)(=O)N1. The minimum absolute atomic E-state index is 0.0407. The predicted molar refractivity (Wildman–Crippen MR) is 130 cm³/mol. The molecule has 0 amide bonds. The van der Waals surface area contributed by atoms with Crippen LogP contribution in [-0.2, 0) is 17.3 Å². The van der Waals surface area contributed by atoms with Crippen molar-refractivity contribution in [2.24, 2.45) is 18.9 Å². The van der Waals surface area contributed by atoms with Gasteiger partial charge in [0.1, 0.15) is 12.4 Å². The average Bonchev–Trinajstić information content (AvgIpc) is 3.38. The maximum Gasteiger partial charge on any atom is 0.402 e. The molecule has 4 atom stereocenters. The normalized spacial score (nSPS) is 31.2. The van der Waals surface area contributed by atoms with E-state index in [2.05, 4.69) is 22.0 Å². The molecule has 2 saturated carbocycles. The molecule has 6 rings (SSSR count). The summed E-state index contributed by atoms with van der Waals surface area (Å²) in [6, 6.07) is 8.23. The molecule has 3 fully saturated rings. The van der Waals surface area contributed by atoms with E-state index in [0.717, 1.165) is 41.8 Å². The first kappa shape index (κ1) is 24.8. The first-order valence-electron chi connectivity index (χ1n) is 12.5. The third-order valence-electron chi connectivity index (χ3n) is 8.57. The zero-order chi connectivity index (χ0) is 26.2. The summed E-state index contributed by atoms with van der Waals surface area (Å²) in [6.45, 7) is -1.61. The van der Waals surface area contributed by atoms with Crippen LogP contribution >= 0.6 is 0 Å². The molecule has 4 unspecified atom stereocenters. The largest absolute Gasteiger partial charge is 0.402 e. The highest BCUT2D eigenvalue weighted by molar-refractivity contribution is 7.87. The van der Waals surface area contributed by atoms with Gasteiger partial charge in [-0.25, -0.2) is 4.39 Å². The van der Waals surface area contributed by atoms with Crippen molar-refractivity contribution in [3.8, 4) is 11.3 Å². The van der Waals surface area contributed by atoms with Gasteiger partial charge in [-0.3, -0.25) is 4.68 Å². The molecule has 3 aliphatic carbocycles. The van der Waals surface area contributed by atoms with Crippen LogP contribution in [0.15, 0.2) is 53.6 Å². The lowest BCUT2D eigenvalue weighted by molar-refractivity contribution is -0.136. The lowest BCUT2D eigenvalue weighted by Crippen LogP contribution is -2.51. The highest BCUT2D eigenvalue weighted by Gasteiger charge is 2.60. The van der Waals surface area contributed by atoms with Gasteiger partial charge in [0, 0.05) is 30.8 Å². The number of alkyl halides is 3. The molecule has 11 heteroatoms. The van der Waals surface area contributed by atoms with Crippen LogP contribution in [0, 0.1) is 17.7 Å². The van der Waals surface area contributed by atoms with E-state index in [0.29, 0.717) is 17.1 Å². The third kappa shape index (κ3) is 4.34. The number of benzene rings is 1. The monoisotopic (exact) mass is 536 g/mol. The number of nitrogens with one attached hydrogen (secondary N) is 1. The summed E-state index contributed by atoms with van der Waals surface area (Å²) < 4.78 is 83.3. The van der Waals surface area contributed by atoms with Gasteiger partial charge in [-0.05, 0) is 85.4 Å². The molecule has 37 heavy (non-hydrogen) atoms. The number of rotatable bonds is 3. The van der Waals surface area contributed by atoms with Crippen molar-refractivity contribution in [3.63, 3.8) is 0 Å². The predicted octanol–water partition coefficient (Wildman–Crippen LogP) is 4.84. The second-order valence-corrected chi connectivity index (χ2v) is 12.4. The molecular weight excluding hydrogens is 508 g/mol. The standard InChI is InChI=1S/C26H28F4N4O2S/c1-33-24(13-23(31-33)16-4-8-22(27)9-5-16)18-3-2-17-11-20-6-7-21(12-19(17)10-18)25(20)14-34(15-26(28,29)30)37(35,36)32-25/h2,4-5,8-10,13,18,20-21,32H,3,6-7,11-12,14-15H2,1H3. The van der Waals surface area contributed by atoms with E-state index in [1.807, 2.05) is 17.8 Å². The molecule has 6 nitrogen and oxygen atoms in total. The molecule has 2 aromatic rings. The lowest BCUT2D eigenvalue weighted by Gasteiger charge is -2.33. The highest BCUT2D eigenvalue weighted by Crippen LogP contribution is 2.55. The summed E-state index contributed by atoms with van der Waals surface area (Å²) in [6.07, 6.45) is 3.46. The molecular formula is C26H28F4N4O2S. The maximum absolute atomic E-state index is 13.3. The van der Waals surface area contributed by atoms with Gasteiger partial charge in [-0.1, -0.05) is 12.2 Å². The van der Waals surface area contributed by atoms with Crippen LogP contribution in [0.4, 0.5) is 17.6 Å². The highest BCUT2D eigenvalue weighted by atomic mass is 32.2. The Morgan fingerprint density at radius 3 is 2.46 bits per heavy atom. The van der Waals surface area contributed by atoms with Crippen molar-refractivity contribution >= 4 is 10.2 Å². The molecule has 1 saturated heterocycles. The van der Waals surface area contributed by atoms with Crippen LogP contribution in [-0.4, -0.2) is 47.3 Å². The molecule has 4 aliphatic rings. The summed E-state index contributed by atoms with van der Waals surface area (Å²) in [7, 11) is -2.32. The van der Waals surface area contributed by atoms with Crippen molar-refractivity contribution in [2.75, 3.05) is 13.1 Å². The van der Waals surface area contributed by atoms with E-state index in [4.69, 9.17) is 0 Å². The number of fused-ring (bicyclic) bond motifs is 1. The fraction of sp³-hybridized carbons (Fsp3) is 0.500. The van der Waals surface area contributed by atoms with Crippen LogP contribution in [0.3, 0.4) is 0 Å². The number of aryl methyl sites for hydroxylation is 1. The van der Waals surface area contributed by atoms with Gasteiger partial charge >= 0.3 is 6.18 Å². The van der Waals surface area contributed by atoms with Gasteiger partial charge in [0.25, 0.3) is 10.2 Å². The summed E-state index contributed by atoms with van der Waals surface area (Å²) in [4.78, 5) is 0. The molecule has 1 spiro atoms. The number of allylic oxidation sites excluding steroid dienone is 4. The van der Waals surface area contributed by atoms with E-state index in [-0.39, 0.29) is 30.1 Å². The Kier molecular flexibility index (Phi) is 5.70. The van der Waals surface area contributed by atoms with E-state index < -0.39 is 28.5 Å². The number of halogens is 4. The van der Waals surface area contributed by atoms with Crippen molar-refractivity contribution in [1.29, 1.82) is 0 Å². The van der Waals surface area contributed by atoms with Gasteiger partial charge in [-0.15, -0.1) is 0 Å². The van der Waals surface area contributed by atoms with Crippen LogP contribution in [0.1, 0.15) is 43.7 Å². The van der Waals surface area contributed by atoms with E-state index in [9.17, 15) is 26.0 Å². The fourth-order valence-electron chi connectivity index (χ4n) is 6.86. The molecule has 1 N–H and O–H groups in total. The Balaban J connectivity index is 1.28. The zero-order valence-electron chi connectivity index (χ0n) is 20.3. The average molecular weight is 537 g/mol. The van der Waals surface area contributed by atoms with Gasteiger partial charge in [0.05, 0.1) is 11.2 Å². The topological polar surface area (TPSA) is 67.2 Å². The minimum atomic E-state index is -4.59. The van der Waals surface area contributed by atoms with Gasteiger partial charge < -0.3 is 0 Å². The number of nitrogens with zero attached hydrogens (tertiary/aromatic N) is 3. The quantitative estimate of drug-likeness (QED) is 0.571. The van der Waals surface area contributed by atoms with Gasteiger partial charge in [0.2, 0.25) is 0 Å². The van der Waals surface area contributed by atoms with Crippen molar-refractivity contribution in [3.05, 3.63) is 65.1 Å². The molecule has 1 aliphatic heterocycles. The molecule has 2 heterocycles. The third-order valence-corrected chi connectivity index (χ3v) is 10.2. The van der Waals surface area contributed by atoms with Crippen LogP contribution in [0.5, 0.6) is 0 Å². The Morgan fingerprint density at radius 1 is 1.11 bits per heavy atom. The van der Waals surface area contributed by atoms with Crippen LogP contribution in [0.2, 0.25) is 0 Å². The van der Waals surface area contributed by atoms with Crippen molar-refractivity contribution in [2.45, 2.75) is 49.7 Å². The maximum atomic E-state index is 13.3. The Hall–Kier alpha value is -2.50. The van der Waals surface area contributed by atoms with Crippen molar-refractivity contribution in [1.82, 2.24) is 18.8 Å². The Labute approximate surface area is 213 Å². The minimum Gasteiger partial charge on any atom is -0.271 e. The first-order chi connectivity index (χ1) is 17.4. The lowest BCUT2D eigenvalue weighted by atomic mass is 9.80. The summed E-state index contributed by atoms with van der Waals surface area (Å²) in [5.41, 5.74) is 4.06. The van der Waals surface area contributed by atoms with Crippen LogP contribution in [0.25, 0.3) is 11.3 Å². The fourth-order valence-corrected chi connectivity index (χ4v) is 8.57. The van der Waals surface area contributed by atoms with Crippen LogP contribution < -0.4 is 4.72 Å². The molecule has 0 radical (unpaired) electrons. The number of hydrogen-bond acceptors (Lipinski definition) is 3. The van der Waals surface area contributed by atoms with Gasteiger partial charge in [0.15, 0.2) is 0 Å². The molecule has 198 valence electrons. The molecule has 1 aromatic heterocycles. The zero-order valence-corrected chi connectivity index (χ0v) is 21.1. The first-order valence-corrected chi connectivity index (χ1v) is 13.9. The van der Waals surface area contributed by atoms with Crippen molar-refractivity contribution < 1.29 is 26.0 Å². The van der Waals surface area contributed by atoms with E-state index in [1.165, 1.54) is 17.7 Å². The smallest absolute Gasteiger partial charge is 0.271 e. The summed E-state index contributed by atoms with van der Waals surface area (Å²) in [5, 5.41) is 4.63.